The lowest BCUT2D eigenvalue weighted by atomic mass is 10.2. The minimum absolute atomic E-state index is 0.427. The normalized spacial score (nSPS) is 16.8. The van der Waals surface area contributed by atoms with Crippen LogP contribution in [0, 0.1) is 0 Å². The van der Waals surface area contributed by atoms with Gasteiger partial charge >= 0.3 is 0 Å². The molecule has 1 aliphatic carbocycles. The fourth-order valence-electron chi connectivity index (χ4n) is 2.32. The molecule has 4 heteroatoms. The average Bonchev–Trinajstić information content (AvgIpc) is 2.96. The summed E-state index contributed by atoms with van der Waals surface area (Å²) in [6.07, 6.45) is 5.44. The summed E-state index contributed by atoms with van der Waals surface area (Å²) in [4.78, 5) is 0. The number of thiophene rings is 1. The minimum atomic E-state index is 0.427. The fraction of sp³-hybridized carbons (Fsp3) is 0.385. The minimum Gasteiger partial charge on any atom is -0.490 e. The summed E-state index contributed by atoms with van der Waals surface area (Å²) < 4.78 is 8.40. The molecule has 3 rings (SSSR count). The number of fused-ring (bicyclic) bond motifs is 1. The van der Waals surface area contributed by atoms with Crippen molar-refractivity contribution in [1.82, 2.24) is 0 Å². The Morgan fingerprint density at radius 2 is 2.06 bits per heavy atom. The molecule has 0 aliphatic heterocycles. The first kappa shape index (κ1) is 11.4. The molecule has 1 saturated carbocycles. The van der Waals surface area contributed by atoms with Gasteiger partial charge in [0.15, 0.2) is 0 Å². The van der Waals surface area contributed by atoms with Crippen LogP contribution < -0.4 is 9.88 Å². The molecule has 0 spiro atoms. The van der Waals surface area contributed by atoms with E-state index in [0.29, 0.717) is 6.10 Å². The summed E-state index contributed by atoms with van der Waals surface area (Å²) in [5.41, 5.74) is 0. The Morgan fingerprint density at radius 1 is 1.24 bits per heavy atom. The number of benzene rings is 1. The summed E-state index contributed by atoms with van der Waals surface area (Å²) >= 11 is 3.04. The molecule has 0 saturated heterocycles. The zero-order valence-corrected chi connectivity index (χ0v) is 11.2. The molecule has 1 aromatic carbocycles. The van der Waals surface area contributed by atoms with Crippen LogP contribution in [0.3, 0.4) is 0 Å². The highest BCUT2D eigenvalue weighted by Gasteiger charge is 2.16. The molecule has 0 radical (unpaired) electrons. The summed E-state index contributed by atoms with van der Waals surface area (Å²) in [5.74, 6) is 1.000. The predicted octanol–water partition coefficient (Wildman–Crippen LogP) is 4.19. The molecule has 1 fully saturated rings. The van der Waals surface area contributed by atoms with Crippen molar-refractivity contribution in [2.75, 3.05) is 0 Å². The lowest BCUT2D eigenvalue weighted by Crippen LogP contribution is -2.10. The molecule has 2 N–H and O–H groups in total. The number of hydrogen-bond donors (Lipinski definition) is 1. The Balaban J connectivity index is 1.84. The highest BCUT2D eigenvalue weighted by atomic mass is 32.2. The summed E-state index contributed by atoms with van der Waals surface area (Å²) in [6.45, 7) is 0. The van der Waals surface area contributed by atoms with Gasteiger partial charge in [0.2, 0.25) is 0 Å². The first-order chi connectivity index (χ1) is 8.35. The number of nitrogens with two attached hydrogens (primary N) is 1. The van der Waals surface area contributed by atoms with Gasteiger partial charge in [-0.15, -0.1) is 11.3 Å². The third-order valence-electron chi connectivity index (χ3n) is 3.19. The van der Waals surface area contributed by atoms with Crippen molar-refractivity contribution >= 4 is 33.4 Å². The second kappa shape index (κ2) is 4.88. The van der Waals surface area contributed by atoms with Crippen molar-refractivity contribution in [2.45, 2.75) is 36.0 Å². The Kier molecular flexibility index (Phi) is 3.27. The molecule has 0 bridgehead atoms. The van der Waals surface area contributed by atoms with Crippen molar-refractivity contribution in [3.8, 4) is 5.75 Å². The Hall–Kier alpha value is -0.710. The van der Waals surface area contributed by atoms with Gasteiger partial charge in [0.05, 0.1) is 10.3 Å². The summed E-state index contributed by atoms with van der Waals surface area (Å²) in [7, 11) is 0. The SMILES string of the molecule is NSc1cc2ccc(OC3CCCC3)cc2s1. The van der Waals surface area contributed by atoms with Crippen molar-refractivity contribution in [2.24, 2.45) is 5.14 Å². The second-order valence-corrected chi connectivity index (χ2v) is 6.42. The highest BCUT2D eigenvalue weighted by Crippen LogP contribution is 2.34. The van der Waals surface area contributed by atoms with E-state index in [9.17, 15) is 0 Å². The van der Waals surface area contributed by atoms with Gasteiger partial charge in [-0.2, -0.15) is 0 Å². The van der Waals surface area contributed by atoms with E-state index < -0.39 is 0 Å². The lowest BCUT2D eigenvalue weighted by Gasteiger charge is -2.12. The maximum atomic E-state index is 5.99. The third kappa shape index (κ3) is 2.44. The van der Waals surface area contributed by atoms with Crippen LogP contribution in [0.2, 0.25) is 0 Å². The fourth-order valence-corrected chi connectivity index (χ4v) is 3.80. The van der Waals surface area contributed by atoms with Gasteiger partial charge in [-0.05, 0) is 67.3 Å². The average molecular weight is 265 g/mol. The van der Waals surface area contributed by atoms with E-state index in [0.717, 1.165) is 9.96 Å². The zero-order chi connectivity index (χ0) is 11.7. The van der Waals surface area contributed by atoms with E-state index in [1.165, 1.54) is 47.7 Å². The molecule has 0 amide bonds. The van der Waals surface area contributed by atoms with Crippen LogP contribution in [0.25, 0.3) is 10.1 Å². The van der Waals surface area contributed by atoms with Gasteiger partial charge in [0, 0.05) is 4.70 Å². The van der Waals surface area contributed by atoms with Crippen LogP contribution in [-0.4, -0.2) is 6.10 Å². The maximum absolute atomic E-state index is 5.99. The zero-order valence-electron chi connectivity index (χ0n) is 9.52. The van der Waals surface area contributed by atoms with Crippen LogP contribution in [0.15, 0.2) is 28.5 Å². The molecule has 1 heterocycles. The van der Waals surface area contributed by atoms with E-state index in [1.54, 1.807) is 11.3 Å². The first-order valence-electron chi connectivity index (χ1n) is 5.92. The topological polar surface area (TPSA) is 35.2 Å². The molecular weight excluding hydrogens is 250 g/mol. The lowest BCUT2D eigenvalue weighted by molar-refractivity contribution is 0.210. The van der Waals surface area contributed by atoms with Crippen molar-refractivity contribution in [3.63, 3.8) is 0 Å². The van der Waals surface area contributed by atoms with Gasteiger partial charge < -0.3 is 4.74 Å². The molecule has 2 nitrogen and oxygen atoms in total. The predicted molar refractivity (Wildman–Crippen MR) is 74.8 cm³/mol. The largest absolute Gasteiger partial charge is 0.490 e. The highest BCUT2D eigenvalue weighted by molar-refractivity contribution is 7.99. The smallest absolute Gasteiger partial charge is 0.121 e. The van der Waals surface area contributed by atoms with E-state index in [2.05, 4.69) is 24.3 Å². The monoisotopic (exact) mass is 265 g/mol. The van der Waals surface area contributed by atoms with Crippen molar-refractivity contribution < 1.29 is 4.74 Å². The Labute approximate surface area is 109 Å². The molecule has 90 valence electrons. The van der Waals surface area contributed by atoms with E-state index in [-0.39, 0.29) is 0 Å². The molecule has 17 heavy (non-hydrogen) atoms. The van der Waals surface area contributed by atoms with Gasteiger partial charge in [-0.3, -0.25) is 5.14 Å². The quantitative estimate of drug-likeness (QED) is 0.845. The number of ether oxygens (including phenoxy) is 1. The van der Waals surface area contributed by atoms with Gasteiger partial charge in [-0.25, -0.2) is 0 Å². The van der Waals surface area contributed by atoms with Crippen molar-refractivity contribution in [1.29, 1.82) is 0 Å². The standard InChI is InChI=1S/C13H15NOS2/c14-17-13-7-9-5-6-11(8-12(9)16-13)15-10-3-1-2-4-10/h5-8,10H,1-4,14H2. The number of hydrogen-bond acceptors (Lipinski definition) is 4. The first-order valence-corrected chi connectivity index (χ1v) is 7.62. The molecule has 0 atom stereocenters. The molecular formula is C13H15NOS2. The van der Waals surface area contributed by atoms with E-state index in [1.807, 2.05) is 0 Å². The van der Waals surface area contributed by atoms with Gasteiger partial charge in [0.25, 0.3) is 0 Å². The molecule has 1 aromatic heterocycles. The third-order valence-corrected chi connectivity index (χ3v) is 4.97. The van der Waals surface area contributed by atoms with Crippen LogP contribution >= 0.6 is 23.3 Å². The Bertz CT molecular complexity index is 517. The van der Waals surface area contributed by atoms with Gasteiger partial charge in [0.1, 0.15) is 5.75 Å². The maximum Gasteiger partial charge on any atom is 0.121 e. The molecule has 0 unspecified atom stereocenters. The van der Waals surface area contributed by atoms with Crippen LogP contribution in [-0.2, 0) is 0 Å². The second-order valence-electron chi connectivity index (χ2n) is 4.41. The number of rotatable bonds is 3. The Morgan fingerprint density at radius 3 is 2.82 bits per heavy atom. The van der Waals surface area contributed by atoms with Crippen LogP contribution in [0.1, 0.15) is 25.7 Å². The molecule has 1 aliphatic rings. The van der Waals surface area contributed by atoms with Crippen LogP contribution in [0.4, 0.5) is 0 Å². The van der Waals surface area contributed by atoms with E-state index in [4.69, 9.17) is 9.88 Å². The van der Waals surface area contributed by atoms with Crippen LogP contribution in [0.5, 0.6) is 5.75 Å². The van der Waals surface area contributed by atoms with Crippen molar-refractivity contribution in [3.05, 3.63) is 24.3 Å². The summed E-state index contributed by atoms with van der Waals surface area (Å²) in [5, 5.41) is 6.83. The summed E-state index contributed by atoms with van der Waals surface area (Å²) in [6, 6.07) is 8.45. The molecule has 2 aromatic rings. The van der Waals surface area contributed by atoms with Gasteiger partial charge in [-0.1, -0.05) is 0 Å². The van der Waals surface area contributed by atoms with E-state index >= 15 is 0 Å².